The molecule has 0 bridgehead atoms. The highest BCUT2D eigenvalue weighted by Crippen LogP contribution is 2.06. The predicted octanol–water partition coefficient (Wildman–Crippen LogP) is 6.35. The number of hydrogen-bond acceptors (Lipinski definition) is 2. The van der Waals surface area contributed by atoms with Crippen molar-refractivity contribution < 1.29 is 0 Å². The summed E-state index contributed by atoms with van der Waals surface area (Å²) in [5, 5.41) is 0. The smallest absolute Gasteiger partial charge is 0.0109 e. The molecule has 0 N–H and O–H groups in total. The van der Waals surface area contributed by atoms with Gasteiger partial charge in [0.1, 0.15) is 0 Å². The van der Waals surface area contributed by atoms with E-state index in [4.69, 9.17) is 0 Å². The average Bonchev–Trinajstić information content (AvgIpc) is 2.59. The van der Waals surface area contributed by atoms with Crippen molar-refractivity contribution in [2.24, 2.45) is 0 Å². The molecule has 0 aliphatic carbocycles. The van der Waals surface area contributed by atoms with Gasteiger partial charge in [-0.15, -0.1) is 0 Å². The largest absolute Gasteiger partial charge is 0.302 e. The molecule has 0 aromatic rings. The molecule has 0 unspecified atom stereocenters. The van der Waals surface area contributed by atoms with E-state index in [1.165, 1.54) is 116 Å². The van der Waals surface area contributed by atoms with Crippen LogP contribution in [-0.4, -0.2) is 49.1 Å². The second kappa shape index (κ2) is 19.2. The highest BCUT2D eigenvalue weighted by Gasteiger charge is 2.09. The first-order chi connectivity index (χ1) is 11.8. The molecule has 0 atom stereocenters. The molecule has 0 aliphatic rings. The predicted molar refractivity (Wildman–Crippen MR) is 111 cm³/mol. The molecule has 0 aromatic heterocycles. The summed E-state index contributed by atoms with van der Waals surface area (Å²) < 4.78 is 0. The lowest BCUT2D eigenvalue weighted by Gasteiger charge is -2.27. The van der Waals surface area contributed by atoms with Crippen LogP contribution in [0.5, 0.6) is 0 Å². The van der Waals surface area contributed by atoms with Gasteiger partial charge in [0.2, 0.25) is 0 Å². The minimum absolute atomic E-state index is 1.28. The van der Waals surface area contributed by atoms with E-state index in [1.807, 2.05) is 0 Å². The molecule has 0 spiro atoms. The summed E-state index contributed by atoms with van der Waals surface area (Å²) in [5.74, 6) is 0. The highest BCUT2D eigenvalue weighted by molar-refractivity contribution is 4.64. The molecule has 0 heterocycles. The van der Waals surface area contributed by atoms with Gasteiger partial charge in [0.05, 0.1) is 0 Å². The van der Waals surface area contributed by atoms with Gasteiger partial charge in [-0.05, 0) is 51.9 Å². The Hall–Kier alpha value is -0.0800. The maximum Gasteiger partial charge on any atom is 0.0109 e. The van der Waals surface area contributed by atoms with E-state index < -0.39 is 0 Å². The Morgan fingerprint density at radius 1 is 0.333 bits per heavy atom. The fourth-order valence-electron chi connectivity index (χ4n) is 3.38. The van der Waals surface area contributed by atoms with Crippen LogP contribution in [0.25, 0.3) is 0 Å². The van der Waals surface area contributed by atoms with Crippen molar-refractivity contribution in [1.29, 1.82) is 0 Å². The summed E-state index contributed by atoms with van der Waals surface area (Å²) in [6, 6.07) is 0. The van der Waals surface area contributed by atoms with Crippen LogP contribution in [0.4, 0.5) is 0 Å². The monoisotopic (exact) mass is 340 g/mol. The lowest BCUT2D eigenvalue weighted by Crippen LogP contribution is -2.37. The van der Waals surface area contributed by atoms with Crippen molar-refractivity contribution in [1.82, 2.24) is 9.80 Å². The van der Waals surface area contributed by atoms with Crippen LogP contribution < -0.4 is 0 Å². The molecule has 0 aromatic carbocycles. The van der Waals surface area contributed by atoms with Crippen molar-refractivity contribution in [3.63, 3.8) is 0 Å². The molecule has 0 saturated heterocycles. The summed E-state index contributed by atoms with van der Waals surface area (Å²) >= 11 is 0. The van der Waals surface area contributed by atoms with Gasteiger partial charge in [-0.25, -0.2) is 0 Å². The first-order valence-corrected chi connectivity index (χ1v) is 11.2. The maximum absolute atomic E-state index is 2.75. The zero-order valence-electron chi connectivity index (χ0n) is 17.6. The molecule has 146 valence electrons. The maximum atomic E-state index is 2.75. The van der Waals surface area contributed by atoms with Gasteiger partial charge >= 0.3 is 0 Å². The van der Waals surface area contributed by atoms with E-state index in [0.717, 1.165) is 0 Å². The third-order valence-corrected chi connectivity index (χ3v) is 5.01. The first-order valence-electron chi connectivity index (χ1n) is 11.2. The lowest BCUT2D eigenvalue weighted by atomic mass is 10.2. The van der Waals surface area contributed by atoms with Crippen LogP contribution in [0.3, 0.4) is 0 Å². The van der Waals surface area contributed by atoms with Crippen molar-refractivity contribution in [2.75, 3.05) is 39.3 Å². The zero-order valence-corrected chi connectivity index (χ0v) is 17.6. The summed E-state index contributed by atoms with van der Waals surface area (Å²) in [6.45, 7) is 17.0. The Labute approximate surface area is 154 Å². The Balaban J connectivity index is 4.12. The molecule has 0 fully saturated rings. The van der Waals surface area contributed by atoms with Crippen molar-refractivity contribution in [3.05, 3.63) is 0 Å². The topological polar surface area (TPSA) is 6.48 Å². The molecule has 0 amide bonds. The van der Waals surface area contributed by atoms with Crippen LogP contribution in [0.2, 0.25) is 0 Å². The minimum atomic E-state index is 1.28. The van der Waals surface area contributed by atoms with Crippen LogP contribution in [0.15, 0.2) is 0 Å². The quantitative estimate of drug-likeness (QED) is 0.253. The second-order valence-corrected chi connectivity index (χ2v) is 7.51. The Morgan fingerprint density at radius 2 is 0.708 bits per heavy atom. The summed E-state index contributed by atoms with van der Waals surface area (Å²) in [4.78, 5) is 5.47. The molecule has 0 aliphatic heterocycles. The highest BCUT2D eigenvalue weighted by atomic mass is 15.2. The third kappa shape index (κ3) is 15.4. The van der Waals surface area contributed by atoms with E-state index in [1.54, 1.807) is 0 Å². The van der Waals surface area contributed by atoms with Crippen molar-refractivity contribution in [2.45, 2.75) is 105 Å². The van der Waals surface area contributed by atoms with Gasteiger partial charge in [-0.3, -0.25) is 0 Å². The average molecular weight is 341 g/mol. The van der Waals surface area contributed by atoms with E-state index in [-0.39, 0.29) is 0 Å². The van der Waals surface area contributed by atoms with Crippen LogP contribution in [0.1, 0.15) is 105 Å². The number of hydrogen-bond donors (Lipinski definition) is 0. The van der Waals surface area contributed by atoms with Gasteiger partial charge in [0.25, 0.3) is 0 Å². The molecule has 24 heavy (non-hydrogen) atoms. The van der Waals surface area contributed by atoms with Crippen LogP contribution >= 0.6 is 0 Å². The first kappa shape index (κ1) is 23.9. The van der Waals surface area contributed by atoms with E-state index in [0.29, 0.717) is 0 Å². The number of nitrogens with zero attached hydrogens (tertiary/aromatic N) is 2. The van der Waals surface area contributed by atoms with Gasteiger partial charge in [-0.2, -0.15) is 0 Å². The van der Waals surface area contributed by atoms with Crippen LogP contribution in [0, 0.1) is 0 Å². The van der Waals surface area contributed by atoms with E-state index >= 15 is 0 Å². The molecule has 2 nitrogen and oxygen atoms in total. The summed E-state index contributed by atoms with van der Waals surface area (Å²) in [6.07, 6.45) is 16.5. The fraction of sp³-hybridized carbons (Fsp3) is 1.00. The molecule has 0 rings (SSSR count). The molecule has 0 saturated carbocycles. The van der Waals surface area contributed by atoms with Gasteiger partial charge < -0.3 is 9.80 Å². The van der Waals surface area contributed by atoms with Gasteiger partial charge in [0, 0.05) is 13.1 Å². The summed E-state index contributed by atoms with van der Waals surface area (Å²) in [5.41, 5.74) is 0. The normalized spacial score (nSPS) is 11.8. The minimum Gasteiger partial charge on any atom is -0.302 e. The van der Waals surface area contributed by atoms with Gasteiger partial charge in [-0.1, -0.05) is 79.1 Å². The molecule has 0 radical (unpaired) electrons. The second-order valence-electron chi connectivity index (χ2n) is 7.51. The Morgan fingerprint density at radius 3 is 1.12 bits per heavy atom. The molecular weight excluding hydrogens is 292 g/mol. The fourth-order valence-corrected chi connectivity index (χ4v) is 3.38. The standard InChI is InChI=1S/C22H48N2/c1-5-9-12-15-19-23(17-8-4)21-22-24(18-14-11-7-3)20-16-13-10-6-2/h5-22H2,1-4H3. The summed E-state index contributed by atoms with van der Waals surface area (Å²) in [7, 11) is 0. The molecular formula is C22H48N2. The zero-order chi connectivity index (χ0) is 17.9. The van der Waals surface area contributed by atoms with Crippen molar-refractivity contribution in [3.8, 4) is 0 Å². The lowest BCUT2D eigenvalue weighted by molar-refractivity contribution is 0.195. The Bertz CT molecular complexity index is 230. The van der Waals surface area contributed by atoms with Crippen molar-refractivity contribution >= 4 is 0 Å². The number of unbranched alkanes of at least 4 members (excludes halogenated alkanes) is 8. The van der Waals surface area contributed by atoms with Gasteiger partial charge in [0.15, 0.2) is 0 Å². The SMILES string of the molecule is CCCCCCN(CCC)CCN(CCCCC)CCCCCC. The van der Waals surface area contributed by atoms with E-state index in [2.05, 4.69) is 37.5 Å². The third-order valence-electron chi connectivity index (χ3n) is 5.01. The molecule has 2 heteroatoms. The number of rotatable bonds is 19. The van der Waals surface area contributed by atoms with Crippen LogP contribution in [-0.2, 0) is 0 Å². The Kier molecular flexibility index (Phi) is 19.2. The van der Waals surface area contributed by atoms with E-state index in [9.17, 15) is 0 Å².